The molecule has 216 valence electrons. The van der Waals surface area contributed by atoms with Gasteiger partial charge in [-0.15, -0.1) is 0 Å². The minimum atomic E-state index is -1.31. The van der Waals surface area contributed by atoms with Crippen LogP contribution in [0.3, 0.4) is 0 Å². The fourth-order valence-corrected chi connectivity index (χ4v) is 15.9. The van der Waals surface area contributed by atoms with Crippen molar-refractivity contribution in [1.82, 2.24) is 0 Å². The molecule has 5 heteroatoms. The van der Waals surface area contributed by atoms with Gasteiger partial charge in [-0.05, 0) is 25.7 Å². The van der Waals surface area contributed by atoms with Crippen LogP contribution in [0.1, 0.15) is 103 Å². The molecule has 0 aromatic heterocycles. The van der Waals surface area contributed by atoms with Crippen molar-refractivity contribution >= 4 is 44.6 Å². The van der Waals surface area contributed by atoms with Crippen molar-refractivity contribution < 1.29 is 4.12 Å². The Morgan fingerprint density at radius 1 is 0.541 bits per heavy atom. The van der Waals surface area contributed by atoms with E-state index in [0.29, 0.717) is 0 Å². The Morgan fingerprint density at radius 3 is 1.27 bits per heavy atom. The van der Waals surface area contributed by atoms with E-state index >= 15 is 0 Å². The van der Waals surface area contributed by atoms with Crippen molar-refractivity contribution in [3.8, 4) is 0 Å². The Hall–Kier alpha value is 0.0475. The molecule has 0 bridgehead atoms. The van der Waals surface area contributed by atoms with Gasteiger partial charge in [-0.3, -0.25) is 0 Å². The molecule has 1 aromatic carbocycles. The van der Waals surface area contributed by atoms with Crippen LogP contribution in [0, 0.1) is 0 Å². The van der Waals surface area contributed by atoms with Crippen molar-refractivity contribution in [3.63, 3.8) is 0 Å². The third-order valence-electron chi connectivity index (χ3n) is 8.52. The fourth-order valence-electron chi connectivity index (χ4n) is 5.78. The molecular weight excluding hydrogens is 513 g/mol. The maximum atomic E-state index is 6.13. The standard InChI is InChI=1S/C32H66OSi4/c1-9-10-11-12-13-14-16-19-22-29-36(5,6)31-24-26-32(27-25-31)37(7,8)30-23-20-17-15-18-21-28-35(4)33-34(2)3/h24-27,34-35H,9-23,28-30H2,1-8H3. The van der Waals surface area contributed by atoms with Crippen LogP contribution < -0.4 is 10.4 Å². The summed E-state index contributed by atoms with van der Waals surface area (Å²) in [5, 5.41) is 3.36. The van der Waals surface area contributed by atoms with Crippen molar-refractivity contribution in [2.75, 3.05) is 0 Å². The van der Waals surface area contributed by atoms with Crippen molar-refractivity contribution in [3.05, 3.63) is 24.3 Å². The highest BCUT2D eigenvalue weighted by atomic mass is 28.4. The van der Waals surface area contributed by atoms with Crippen LogP contribution in [0.2, 0.25) is 64.0 Å². The van der Waals surface area contributed by atoms with Gasteiger partial charge in [0, 0.05) is 0 Å². The molecule has 0 spiro atoms. The summed E-state index contributed by atoms with van der Waals surface area (Å²) in [6.45, 7) is 19.7. The second-order valence-electron chi connectivity index (χ2n) is 13.6. The SMILES string of the molecule is CCCCCCCCCCC[Si](C)(C)c1ccc([Si](C)(C)CCCCCCCC[SiH](C)O[SiH](C)C)cc1. The quantitative estimate of drug-likeness (QED) is 0.0927. The highest BCUT2D eigenvalue weighted by Crippen LogP contribution is 2.19. The number of rotatable bonds is 23. The van der Waals surface area contributed by atoms with Gasteiger partial charge in [-0.2, -0.15) is 0 Å². The molecule has 1 rings (SSSR count). The smallest absolute Gasteiger partial charge is 0.159 e. The second kappa shape index (κ2) is 20.0. The normalized spacial score (nSPS) is 13.4. The minimum absolute atomic E-state index is 0.802. The van der Waals surface area contributed by atoms with Crippen molar-refractivity contribution in [1.29, 1.82) is 0 Å². The molecular formula is C32H66OSi4. The number of hydrogen-bond acceptors (Lipinski definition) is 1. The first kappa shape index (κ1) is 35.1. The molecule has 1 aromatic rings. The summed E-state index contributed by atoms with van der Waals surface area (Å²) in [7, 11) is -4.26. The van der Waals surface area contributed by atoms with Gasteiger partial charge in [0.25, 0.3) is 0 Å². The molecule has 0 saturated heterocycles. The molecule has 0 aliphatic heterocycles. The van der Waals surface area contributed by atoms with E-state index < -0.39 is 34.2 Å². The molecule has 0 N–H and O–H groups in total. The first-order valence-electron chi connectivity index (χ1n) is 16.3. The molecule has 0 fully saturated rings. The maximum absolute atomic E-state index is 6.13. The molecule has 0 amide bonds. The third kappa shape index (κ3) is 16.7. The van der Waals surface area contributed by atoms with Gasteiger partial charge >= 0.3 is 0 Å². The van der Waals surface area contributed by atoms with Crippen LogP contribution in [-0.2, 0) is 4.12 Å². The summed E-state index contributed by atoms with van der Waals surface area (Å²) in [6.07, 6.45) is 21.4. The average Bonchev–Trinajstić information content (AvgIpc) is 2.84. The van der Waals surface area contributed by atoms with Crippen LogP contribution in [-0.4, -0.2) is 34.2 Å². The highest BCUT2D eigenvalue weighted by Gasteiger charge is 2.26. The lowest BCUT2D eigenvalue weighted by Gasteiger charge is -2.26. The zero-order valence-corrected chi connectivity index (χ0v) is 30.9. The number of hydrogen-bond donors (Lipinski definition) is 0. The van der Waals surface area contributed by atoms with E-state index in [1.54, 1.807) is 10.4 Å². The van der Waals surface area contributed by atoms with E-state index in [-0.39, 0.29) is 0 Å². The molecule has 37 heavy (non-hydrogen) atoms. The topological polar surface area (TPSA) is 9.23 Å². The summed E-state index contributed by atoms with van der Waals surface area (Å²) < 4.78 is 6.13. The predicted octanol–water partition coefficient (Wildman–Crippen LogP) is 9.74. The van der Waals surface area contributed by atoms with Gasteiger partial charge in [0.1, 0.15) is 0 Å². The van der Waals surface area contributed by atoms with Crippen LogP contribution in [0.15, 0.2) is 24.3 Å². The molecule has 1 nitrogen and oxygen atoms in total. The summed E-state index contributed by atoms with van der Waals surface area (Å²) in [5.41, 5.74) is 0. The van der Waals surface area contributed by atoms with Crippen molar-refractivity contribution in [2.45, 2.75) is 167 Å². The van der Waals surface area contributed by atoms with Crippen molar-refractivity contribution in [2.24, 2.45) is 0 Å². The lowest BCUT2D eigenvalue weighted by molar-refractivity contribution is 0.571. The zero-order chi connectivity index (χ0) is 27.6. The van der Waals surface area contributed by atoms with Crippen LogP contribution >= 0.6 is 0 Å². The highest BCUT2D eigenvalue weighted by molar-refractivity contribution is 6.91. The number of benzene rings is 1. The van der Waals surface area contributed by atoms with Gasteiger partial charge in [-0.25, -0.2) is 0 Å². The third-order valence-corrected chi connectivity index (χ3v) is 20.8. The minimum Gasteiger partial charge on any atom is -0.461 e. The summed E-state index contributed by atoms with van der Waals surface area (Å²) in [5.74, 6) is 0. The van der Waals surface area contributed by atoms with E-state index in [1.165, 1.54) is 114 Å². The van der Waals surface area contributed by atoms with E-state index in [0.717, 1.165) is 0 Å². The lowest BCUT2D eigenvalue weighted by Crippen LogP contribution is -2.45. The van der Waals surface area contributed by atoms with Gasteiger partial charge < -0.3 is 4.12 Å². The molecule has 0 aliphatic rings. The Labute approximate surface area is 239 Å². The Morgan fingerprint density at radius 2 is 0.892 bits per heavy atom. The first-order valence-corrected chi connectivity index (χ1v) is 28.0. The van der Waals surface area contributed by atoms with Gasteiger partial charge in [0.15, 0.2) is 18.1 Å². The zero-order valence-electron chi connectivity index (χ0n) is 26.6. The molecule has 1 unspecified atom stereocenters. The summed E-state index contributed by atoms with van der Waals surface area (Å²) >= 11 is 0. The maximum Gasteiger partial charge on any atom is 0.159 e. The van der Waals surface area contributed by atoms with E-state index in [9.17, 15) is 0 Å². The Kier molecular flexibility index (Phi) is 19.0. The van der Waals surface area contributed by atoms with E-state index in [1.807, 2.05) is 0 Å². The van der Waals surface area contributed by atoms with Gasteiger partial charge in [0.05, 0.1) is 16.1 Å². The largest absolute Gasteiger partial charge is 0.461 e. The Balaban J connectivity index is 2.26. The van der Waals surface area contributed by atoms with Gasteiger partial charge in [-0.1, -0.05) is 176 Å². The molecule has 0 aliphatic carbocycles. The predicted molar refractivity (Wildman–Crippen MR) is 183 cm³/mol. The Bertz CT molecular complexity index is 672. The average molecular weight is 579 g/mol. The fraction of sp³-hybridized carbons (Fsp3) is 0.812. The van der Waals surface area contributed by atoms with Crippen LogP contribution in [0.4, 0.5) is 0 Å². The summed E-state index contributed by atoms with van der Waals surface area (Å²) in [4.78, 5) is 0. The number of unbranched alkanes of at least 4 members (excludes halogenated alkanes) is 13. The monoisotopic (exact) mass is 578 g/mol. The van der Waals surface area contributed by atoms with Gasteiger partial charge in [0.2, 0.25) is 0 Å². The summed E-state index contributed by atoms with van der Waals surface area (Å²) in [6, 6.07) is 14.4. The molecule has 0 saturated carbocycles. The molecule has 1 atom stereocenters. The molecule has 0 radical (unpaired) electrons. The van der Waals surface area contributed by atoms with Crippen LogP contribution in [0.5, 0.6) is 0 Å². The van der Waals surface area contributed by atoms with E-state index in [2.05, 4.69) is 77.0 Å². The first-order chi connectivity index (χ1) is 17.6. The van der Waals surface area contributed by atoms with E-state index in [4.69, 9.17) is 4.12 Å². The molecule has 0 heterocycles. The van der Waals surface area contributed by atoms with Crippen LogP contribution in [0.25, 0.3) is 0 Å². The second-order valence-corrected chi connectivity index (χ2v) is 28.7. The lowest BCUT2D eigenvalue weighted by atomic mass is 10.1.